The molecule has 0 saturated carbocycles. The minimum atomic E-state index is -0.246. The van der Waals surface area contributed by atoms with Gasteiger partial charge in [0, 0.05) is 6.20 Å². The molecule has 31 heavy (non-hydrogen) atoms. The fourth-order valence-electron chi connectivity index (χ4n) is 3.03. The van der Waals surface area contributed by atoms with E-state index in [1.165, 1.54) is 18.0 Å². The molecule has 2 aromatic heterocycles. The molecule has 0 saturated heterocycles. The summed E-state index contributed by atoms with van der Waals surface area (Å²) in [5.74, 6) is 0.255. The summed E-state index contributed by atoms with van der Waals surface area (Å²) in [6.45, 7) is 2.39. The van der Waals surface area contributed by atoms with Gasteiger partial charge in [-0.2, -0.15) is 0 Å². The van der Waals surface area contributed by atoms with Crippen molar-refractivity contribution in [3.63, 3.8) is 0 Å². The summed E-state index contributed by atoms with van der Waals surface area (Å²) in [5.41, 5.74) is 2.61. The Bertz CT molecular complexity index is 1290. The molecule has 2 aromatic carbocycles. The number of thioether (sulfide) groups is 1. The van der Waals surface area contributed by atoms with Crippen LogP contribution in [0.4, 0.5) is 5.82 Å². The maximum Gasteiger partial charge on any atom is 0.262 e. The van der Waals surface area contributed by atoms with Crippen molar-refractivity contribution in [3.8, 4) is 0 Å². The van der Waals surface area contributed by atoms with Gasteiger partial charge in [0.1, 0.15) is 5.82 Å². The van der Waals surface area contributed by atoms with Gasteiger partial charge in [-0.3, -0.25) is 14.2 Å². The lowest BCUT2D eigenvalue weighted by Crippen LogP contribution is -2.25. The molecule has 2 heterocycles. The van der Waals surface area contributed by atoms with Crippen LogP contribution in [0.2, 0.25) is 5.02 Å². The summed E-state index contributed by atoms with van der Waals surface area (Å²) in [7, 11) is 0. The number of nitrogens with zero attached hydrogens (tertiary/aromatic N) is 3. The predicted molar refractivity (Wildman–Crippen MR) is 125 cm³/mol. The van der Waals surface area contributed by atoms with E-state index in [2.05, 4.69) is 15.3 Å². The van der Waals surface area contributed by atoms with Crippen molar-refractivity contribution >= 4 is 46.0 Å². The number of nitrogens with one attached hydrogen (secondary N) is 1. The second kappa shape index (κ2) is 9.32. The van der Waals surface area contributed by atoms with Crippen molar-refractivity contribution in [2.24, 2.45) is 0 Å². The van der Waals surface area contributed by atoms with Gasteiger partial charge in [-0.25, -0.2) is 9.97 Å². The van der Waals surface area contributed by atoms with Crippen molar-refractivity contribution < 1.29 is 4.79 Å². The van der Waals surface area contributed by atoms with Gasteiger partial charge in [-0.15, -0.1) is 0 Å². The number of anilines is 1. The van der Waals surface area contributed by atoms with Crippen LogP contribution in [-0.2, 0) is 11.3 Å². The van der Waals surface area contributed by atoms with E-state index in [0.29, 0.717) is 33.4 Å². The third kappa shape index (κ3) is 5.13. The molecule has 1 N–H and O–H groups in total. The topological polar surface area (TPSA) is 76.9 Å². The molecule has 4 aromatic rings. The Labute approximate surface area is 188 Å². The number of hydrogen-bond acceptors (Lipinski definition) is 5. The number of pyridine rings is 1. The lowest BCUT2D eigenvalue weighted by Gasteiger charge is -2.13. The van der Waals surface area contributed by atoms with Crippen molar-refractivity contribution in [2.45, 2.75) is 18.6 Å². The second-order valence-corrected chi connectivity index (χ2v) is 8.37. The van der Waals surface area contributed by atoms with Crippen LogP contribution in [0.15, 0.2) is 76.8 Å². The quantitative estimate of drug-likeness (QED) is 0.345. The molecule has 8 heteroatoms. The van der Waals surface area contributed by atoms with Crippen LogP contribution in [0.1, 0.15) is 11.1 Å². The van der Waals surface area contributed by atoms with Gasteiger partial charge in [0.2, 0.25) is 5.91 Å². The van der Waals surface area contributed by atoms with E-state index >= 15 is 0 Å². The number of amides is 1. The number of carbonyl (C=O) groups is 1. The van der Waals surface area contributed by atoms with Crippen molar-refractivity contribution in [1.29, 1.82) is 0 Å². The first-order valence-electron chi connectivity index (χ1n) is 9.59. The first-order chi connectivity index (χ1) is 15.0. The summed E-state index contributed by atoms with van der Waals surface area (Å²) in [5, 5.41) is 4.25. The lowest BCUT2D eigenvalue weighted by atomic mass is 10.1. The Morgan fingerprint density at radius 3 is 2.61 bits per heavy atom. The monoisotopic (exact) mass is 450 g/mol. The van der Waals surface area contributed by atoms with Crippen molar-refractivity contribution in [3.05, 3.63) is 93.4 Å². The Hall–Kier alpha value is -3.16. The van der Waals surface area contributed by atoms with E-state index in [1.807, 2.05) is 43.3 Å². The zero-order valence-electron chi connectivity index (χ0n) is 16.7. The minimum Gasteiger partial charge on any atom is -0.310 e. The summed E-state index contributed by atoms with van der Waals surface area (Å²) < 4.78 is 1.62. The number of halogens is 1. The van der Waals surface area contributed by atoms with Gasteiger partial charge in [-0.05, 0) is 36.8 Å². The SMILES string of the molecule is Cc1ccc(Cn2c(SCC(=O)Nc3ccc(Cl)cn3)nc3ccccc3c2=O)cc1. The normalized spacial score (nSPS) is 10.9. The molecule has 0 atom stereocenters. The number of hydrogen-bond donors (Lipinski definition) is 1. The van der Waals surface area contributed by atoms with Crippen LogP contribution in [-0.4, -0.2) is 26.2 Å². The van der Waals surface area contributed by atoms with E-state index < -0.39 is 0 Å². The average molecular weight is 451 g/mol. The van der Waals surface area contributed by atoms with Crippen LogP contribution in [0.5, 0.6) is 0 Å². The molecule has 4 rings (SSSR count). The number of benzene rings is 2. The molecule has 156 valence electrons. The van der Waals surface area contributed by atoms with E-state index in [4.69, 9.17) is 11.6 Å². The molecule has 0 aliphatic rings. The fraction of sp³-hybridized carbons (Fsp3) is 0.130. The number of aryl methyl sites for hydroxylation is 1. The maximum absolute atomic E-state index is 13.2. The zero-order chi connectivity index (χ0) is 21.8. The van der Waals surface area contributed by atoms with Crippen molar-refractivity contribution in [1.82, 2.24) is 14.5 Å². The van der Waals surface area contributed by atoms with Gasteiger partial charge < -0.3 is 5.32 Å². The third-order valence-corrected chi connectivity index (χ3v) is 5.82. The molecule has 0 radical (unpaired) electrons. The molecule has 0 bridgehead atoms. The van der Waals surface area contributed by atoms with E-state index in [0.717, 1.165) is 11.1 Å². The van der Waals surface area contributed by atoms with Crippen LogP contribution in [0.3, 0.4) is 0 Å². The number of carbonyl (C=O) groups excluding carboxylic acids is 1. The van der Waals surface area contributed by atoms with Gasteiger partial charge in [0.25, 0.3) is 5.56 Å². The van der Waals surface area contributed by atoms with Crippen LogP contribution < -0.4 is 10.9 Å². The number of fused-ring (bicyclic) bond motifs is 1. The average Bonchev–Trinajstić information content (AvgIpc) is 2.77. The highest BCUT2D eigenvalue weighted by molar-refractivity contribution is 7.99. The first kappa shape index (κ1) is 21.1. The summed E-state index contributed by atoms with van der Waals surface area (Å²) in [4.78, 5) is 34.3. The van der Waals surface area contributed by atoms with Crippen LogP contribution >= 0.6 is 23.4 Å². The van der Waals surface area contributed by atoms with Gasteiger partial charge >= 0.3 is 0 Å². The van der Waals surface area contributed by atoms with Crippen LogP contribution in [0.25, 0.3) is 10.9 Å². The van der Waals surface area contributed by atoms with E-state index in [9.17, 15) is 9.59 Å². The van der Waals surface area contributed by atoms with Crippen molar-refractivity contribution in [2.75, 3.05) is 11.1 Å². The molecular weight excluding hydrogens is 432 g/mol. The molecule has 1 amide bonds. The van der Waals surface area contributed by atoms with E-state index in [-0.39, 0.29) is 17.2 Å². The van der Waals surface area contributed by atoms with Gasteiger partial charge in [0.15, 0.2) is 5.16 Å². The smallest absolute Gasteiger partial charge is 0.262 e. The number of rotatable bonds is 6. The molecular formula is C23H19ClN4O2S. The summed E-state index contributed by atoms with van der Waals surface area (Å²) in [6, 6.07) is 18.5. The van der Waals surface area contributed by atoms with E-state index in [1.54, 1.807) is 28.8 Å². The molecule has 0 fully saturated rings. The summed E-state index contributed by atoms with van der Waals surface area (Å²) >= 11 is 7.04. The first-order valence-corrected chi connectivity index (χ1v) is 11.0. The highest BCUT2D eigenvalue weighted by Gasteiger charge is 2.14. The molecule has 0 aliphatic carbocycles. The van der Waals surface area contributed by atoms with Gasteiger partial charge in [0.05, 0.1) is 28.2 Å². The Balaban J connectivity index is 1.60. The number of para-hydroxylation sites is 1. The Kier molecular flexibility index (Phi) is 6.34. The molecule has 6 nitrogen and oxygen atoms in total. The highest BCUT2D eigenvalue weighted by Crippen LogP contribution is 2.20. The fourth-order valence-corrected chi connectivity index (χ4v) is 3.94. The molecule has 0 spiro atoms. The zero-order valence-corrected chi connectivity index (χ0v) is 18.3. The van der Waals surface area contributed by atoms with Crippen LogP contribution in [0, 0.1) is 6.92 Å². The van der Waals surface area contributed by atoms with Gasteiger partial charge in [-0.1, -0.05) is 65.3 Å². The highest BCUT2D eigenvalue weighted by atomic mass is 35.5. The predicted octanol–water partition coefficient (Wildman–Crippen LogP) is 4.53. The summed E-state index contributed by atoms with van der Waals surface area (Å²) in [6.07, 6.45) is 1.47. The third-order valence-electron chi connectivity index (χ3n) is 4.62. The molecule has 0 aliphatic heterocycles. The largest absolute Gasteiger partial charge is 0.310 e. The standard InChI is InChI=1S/C23H19ClN4O2S/c1-15-6-8-16(9-7-15)13-28-22(30)18-4-2-3-5-19(18)26-23(28)31-14-21(29)27-20-11-10-17(24)12-25-20/h2-12H,13-14H2,1H3,(H,25,27,29). The second-order valence-electron chi connectivity index (χ2n) is 6.99. The number of aromatic nitrogens is 3. The minimum absolute atomic E-state index is 0.0863. The Morgan fingerprint density at radius 2 is 1.87 bits per heavy atom. The lowest BCUT2D eigenvalue weighted by molar-refractivity contribution is -0.113. The maximum atomic E-state index is 13.2. The Morgan fingerprint density at radius 1 is 1.10 bits per heavy atom. The molecule has 0 unspecified atom stereocenters.